The van der Waals surface area contributed by atoms with Crippen LogP contribution in [0, 0.1) is 0 Å². The van der Waals surface area contributed by atoms with E-state index in [9.17, 15) is 19.2 Å². The van der Waals surface area contributed by atoms with Gasteiger partial charge in [-0.15, -0.1) is 11.8 Å². The third kappa shape index (κ3) is 4.93. The van der Waals surface area contributed by atoms with Crippen LogP contribution in [-0.4, -0.2) is 52.4 Å². The number of esters is 2. The predicted octanol–water partition coefficient (Wildman–Crippen LogP) is 2.26. The molecule has 2 aromatic rings. The summed E-state index contributed by atoms with van der Waals surface area (Å²) in [4.78, 5) is 51.2. The molecule has 0 saturated carbocycles. The maximum Gasteiger partial charge on any atom is 0.355 e. The van der Waals surface area contributed by atoms with E-state index in [1.807, 2.05) is 30.3 Å². The number of hydrogen-bond donors (Lipinski definition) is 1. The summed E-state index contributed by atoms with van der Waals surface area (Å²) in [6.07, 6.45) is 0. The fourth-order valence-electron chi connectivity index (χ4n) is 3.58. The molecular weight excluding hydrogens is 444 g/mol. The molecule has 2 aromatic carbocycles. The molecule has 170 valence electrons. The molecule has 0 radical (unpaired) electrons. The molecule has 4 rings (SSSR count). The van der Waals surface area contributed by atoms with Crippen LogP contribution in [0.25, 0.3) is 0 Å². The molecule has 2 heterocycles. The maximum absolute atomic E-state index is 13.0. The molecule has 2 amide bonds. The van der Waals surface area contributed by atoms with Crippen LogP contribution in [0.5, 0.6) is 0 Å². The van der Waals surface area contributed by atoms with E-state index in [0.717, 1.165) is 5.56 Å². The summed E-state index contributed by atoms with van der Waals surface area (Å²) < 4.78 is 10.6. The lowest BCUT2D eigenvalue weighted by molar-refractivity contribution is -0.152. The summed E-state index contributed by atoms with van der Waals surface area (Å²) >= 11 is 1.39. The number of rotatable bonds is 7. The van der Waals surface area contributed by atoms with Crippen LogP contribution >= 0.6 is 11.8 Å². The lowest BCUT2D eigenvalue weighted by atomic mass is 10.0. The van der Waals surface area contributed by atoms with Crippen molar-refractivity contribution in [3.63, 3.8) is 0 Å². The molecule has 0 aliphatic carbocycles. The van der Waals surface area contributed by atoms with Gasteiger partial charge in [0.15, 0.2) is 0 Å². The molecule has 1 saturated heterocycles. The van der Waals surface area contributed by atoms with E-state index in [1.54, 1.807) is 30.3 Å². The summed E-state index contributed by atoms with van der Waals surface area (Å²) in [6.45, 7) is 1.20. The summed E-state index contributed by atoms with van der Waals surface area (Å²) in [5.41, 5.74) is 1.81. The van der Waals surface area contributed by atoms with Gasteiger partial charge in [0.2, 0.25) is 0 Å². The van der Waals surface area contributed by atoms with Gasteiger partial charge >= 0.3 is 11.9 Å². The highest BCUT2D eigenvalue weighted by Crippen LogP contribution is 2.41. The number of amides is 2. The first-order valence-electron chi connectivity index (χ1n) is 10.3. The fraction of sp³-hybridized carbons (Fsp3) is 0.250. The predicted molar refractivity (Wildman–Crippen MR) is 121 cm³/mol. The van der Waals surface area contributed by atoms with E-state index in [4.69, 9.17) is 9.47 Å². The molecular formula is C24H22N2O6S. The number of carbonyl (C=O) groups is 4. The second-order valence-corrected chi connectivity index (χ2v) is 8.63. The van der Waals surface area contributed by atoms with Gasteiger partial charge in [0.25, 0.3) is 11.8 Å². The van der Waals surface area contributed by atoms with E-state index >= 15 is 0 Å². The Kier molecular flexibility index (Phi) is 6.79. The number of benzene rings is 2. The summed E-state index contributed by atoms with van der Waals surface area (Å²) in [5.74, 6) is -1.59. The Morgan fingerprint density at radius 3 is 2.33 bits per heavy atom. The number of carbonyl (C=O) groups excluding carboxylic acids is 4. The summed E-state index contributed by atoms with van der Waals surface area (Å²) in [6, 6.07) is 17.0. The van der Waals surface area contributed by atoms with E-state index in [1.165, 1.54) is 23.6 Å². The number of hydrogen-bond acceptors (Lipinski definition) is 7. The van der Waals surface area contributed by atoms with Gasteiger partial charge in [-0.3, -0.25) is 19.3 Å². The quantitative estimate of drug-likeness (QED) is 0.493. The van der Waals surface area contributed by atoms with Crippen molar-refractivity contribution in [1.29, 1.82) is 0 Å². The smallest absolute Gasteiger partial charge is 0.355 e. The molecule has 9 heteroatoms. The maximum atomic E-state index is 13.0. The Balaban J connectivity index is 1.51. The normalized spacial score (nSPS) is 19.3. The van der Waals surface area contributed by atoms with Crippen molar-refractivity contribution in [2.75, 3.05) is 12.4 Å². The number of fused-ring (bicyclic) bond motifs is 1. The third-order valence-corrected chi connectivity index (χ3v) is 6.57. The molecule has 1 unspecified atom stereocenters. The molecule has 0 aromatic heterocycles. The molecule has 1 fully saturated rings. The van der Waals surface area contributed by atoms with Gasteiger partial charge in [-0.05, 0) is 17.7 Å². The Labute approximate surface area is 194 Å². The van der Waals surface area contributed by atoms with E-state index in [0.29, 0.717) is 16.9 Å². The van der Waals surface area contributed by atoms with E-state index in [-0.39, 0.29) is 24.8 Å². The van der Waals surface area contributed by atoms with Gasteiger partial charge in [-0.2, -0.15) is 0 Å². The third-order valence-electron chi connectivity index (χ3n) is 5.23. The molecule has 0 bridgehead atoms. The van der Waals surface area contributed by atoms with Crippen LogP contribution in [0.4, 0.5) is 0 Å². The van der Waals surface area contributed by atoms with Crippen molar-refractivity contribution in [2.24, 2.45) is 0 Å². The van der Waals surface area contributed by atoms with Gasteiger partial charge in [-0.1, -0.05) is 48.5 Å². The van der Waals surface area contributed by atoms with Crippen LogP contribution in [0.1, 0.15) is 22.8 Å². The van der Waals surface area contributed by atoms with Crippen molar-refractivity contribution in [2.45, 2.75) is 24.9 Å². The Hall–Kier alpha value is -3.59. The van der Waals surface area contributed by atoms with Crippen LogP contribution < -0.4 is 5.32 Å². The van der Waals surface area contributed by atoms with Gasteiger partial charge in [0, 0.05) is 23.8 Å². The molecule has 2 aliphatic heterocycles. The van der Waals surface area contributed by atoms with Crippen molar-refractivity contribution in [1.82, 2.24) is 10.2 Å². The number of thioether (sulfide) groups is 1. The van der Waals surface area contributed by atoms with Gasteiger partial charge in [-0.25, -0.2) is 4.79 Å². The van der Waals surface area contributed by atoms with Gasteiger partial charge in [0.05, 0.1) is 0 Å². The van der Waals surface area contributed by atoms with Crippen molar-refractivity contribution in [3.8, 4) is 0 Å². The van der Waals surface area contributed by atoms with Crippen molar-refractivity contribution >= 4 is 35.5 Å². The Bertz CT molecular complexity index is 1100. The Morgan fingerprint density at radius 1 is 1.00 bits per heavy atom. The average Bonchev–Trinajstić information content (AvgIpc) is 2.84. The standard InChI is InChI=1S/C24H22N2O6S/c1-15(27)31-13-18-14-33-23-19(25-21(28)17-10-6-3-7-11-17)22(29)26(23)20(18)24(30)32-12-16-8-4-2-5-9-16/h2-11,19,23H,12-14H2,1H3,(H,25,28)/t19?,23-/m1/s1. The second-order valence-electron chi connectivity index (χ2n) is 7.52. The van der Waals surface area contributed by atoms with Crippen molar-refractivity contribution < 1.29 is 28.7 Å². The molecule has 2 aliphatic rings. The first kappa shape index (κ1) is 22.6. The molecule has 33 heavy (non-hydrogen) atoms. The highest BCUT2D eigenvalue weighted by atomic mass is 32.2. The SMILES string of the molecule is CC(=O)OCC1=C(C(=O)OCc2ccccc2)N2C(=O)C(NC(=O)c3ccccc3)[C@H]2SC1. The average molecular weight is 467 g/mol. The van der Waals surface area contributed by atoms with Gasteiger partial charge < -0.3 is 14.8 Å². The zero-order chi connectivity index (χ0) is 23.4. The highest BCUT2D eigenvalue weighted by molar-refractivity contribution is 8.00. The minimum atomic E-state index is -0.769. The van der Waals surface area contributed by atoms with Gasteiger partial charge in [0.1, 0.15) is 30.3 Å². The first-order valence-corrected chi connectivity index (χ1v) is 11.4. The number of β-lactam (4-membered cyclic amide) rings is 1. The van der Waals surface area contributed by atoms with Crippen LogP contribution in [0.15, 0.2) is 71.9 Å². The lowest BCUT2D eigenvalue weighted by Crippen LogP contribution is -2.70. The van der Waals surface area contributed by atoms with Crippen LogP contribution in [-0.2, 0) is 30.5 Å². The number of nitrogens with one attached hydrogen (secondary N) is 1. The second kappa shape index (κ2) is 9.91. The molecule has 8 nitrogen and oxygen atoms in total. The number of ether oxygens (including phenoxy) is 2. The topological polar surface area (TPSA) is 102 Å². The molecule has 2 atom stereocenters. The van der Waals surface area contributed by atoms with Crippen LogP contribution in [0.2, 0.25) is 0 Å². The number of nitrogens with zero attached hydrogens (tertiary/aromatic N) is 1. The fourth-order valence-corrected chi connectivity index (χ4v) is 4.90. The van der Waals surface area contributed by atoms with E-state index in [2.05, 4.69) is 5.32 Å². The summed E-state index contributed by atoms with van der Waals surface area (Å²) in [5, 5.41) is 2.30. The van der Waals surface area contributed by atoms with Crippen LogP contribution in [0.3, 0.4) is 0 Å². The molecule has 1 N–H and O–H groups in total. The lowest BCUT2D eigenvalue weighted by Gasteiger charge is -2.49. The minimum absolute atomic E-state index is 0.0397. The zero-order valence-electron chi connectivity index (χ0n) is 17.9. The van der Waals surface area contributed by atoms with E-state index < -0.39 is 29.3 Å². The van der Waals surface area contributed by atoms with Crippen molar-refractivity contribution in [3.05, 3.63) is 83.1 Å². The molecule has 0 spiro atoms. The minimum Gasteiger partial charge on any atom is -0.461 e. The zero-order valence-corrected chi connectivity index (χ0v) is 18.7. The Morgan fingerprint density at radius 2 is 1.67 bits per heavy atom. The monoisotopic (exact) mass is 466 g/mol. The summed E-state index contributed by atoms with van der Waals surface area (Å²) in [7, 11) is 0. The largest absolute Gasteiger partial charge is 0.461 e. The first-order chi connectivity index (χ1) is 16.0. The highest BCUT2D eigenvalue weighted by Gasteiger charge is 2.54.